The van der Waals surface area contributed by atoms with E-state index in [0.717, 1.165) is 0 Å². The lowest BCUT2D eigenvalue weighted by Gasteiger charge is -2.24. The summed E-state index contributed by atoms with van der Waals surface area (Å²) in [6.07, 6.45) is -0.0875. The van der Waals surface area contributed by atoms with Crippen LogP contribution in [0.3, 0.4) is 0 Å². The molecule has 9 N–H and O–H groups in total. The van der Waals surface area contributed by atoms with Gasteiger partial charge in [-0.3, -0.25) is 19.2 Å². The maximum absolute atomic E-state index is 12.3. The van der Waals surface area contributed by atoms with Crippen molar-refractivity contribution in [3.8, 4) is 0 Å². The van der Waals surface area contributed by atoms with Gasteiger partial charge in [-0.15, -0.1) is 0 Å². The Morgan fingerprint density at radius 3 is 2.11 bits per heavy atom. The molecule has 12 nitrogen and oxygen atoms in total. The lowest BCUT2D eigenvalue weighted by atomic mass is 9.98. The second-order valence-electron chi connectivity index (χ2n) is 6.01. The number of hydrogen-bond donors (Lipinski definition) is 7. The van der Waals surface area contributed by atoms with Gasteiger partial charge >= 0.3 is 5.97 Å². The number of nitrogens with two attached hydrogens (primary N) is 2. The molecule has 27 heavy (non-hydrogen) atoms. The second-order valence-corrected chi connectivity index (χ2v) is 6.01. The first-order chi connectivity index (χ1) is 12.5. The zero-order chi connectivity index (χ0) is 21.1. The molecule has 154 valence electrons. The highest BCUT2D eigenvalue weighted by atomic mass is 16.4. The monoisotopic (exact) mass is 389 g/mol. The van der Waals surface area contributed by atoms with Crippen molar-refractivity contribution in [3.05, 3.63) is 0 Å². The van der Waals surface area contributed by atoms with Crippen LogP contribution in [0.2, 0.25) is 0 Å². The fraction of sp³-hybridized carbons (Fsp3) is 0.667. The third kappa shape index (κ3) is 8.96. The normalized spacial score (nSPS) is 15.0. The fourth-order valence-corrected chi connectivity index (χ4v) is 1.97. The average molecular weight is 389 g/mol. The molecule has 0 bridgehead atoms. The minimum atomic E-state index is -1.41. The molecule has 0 aromatic rings. The van der Waals surface area contributed by atoms with Crippen LogP contribution in [0.1, 0.15) is 26.7 Å². The zero-order valence-corrected chi connectivity index (χ0v) is 15.2. The van der Waals surface area contributed by atoms with Gasteiger partial charge in [-0.25, -0.2) is 4.79 Å². The molecular formula is C15H27N5O7. The molecule has 4 unspecified atom stereocenters. The van der Waals surface area contributed by atoms with E-state index in [4.69, 9.17) is 16.6 Å². The van der Waals surface area contributed by atoms with E-state index in [2.05, 4.69) is 16.0 Å². The molecule has 0 saturated carbocycles. The third-order valence-corrected chi connectivity index (χ3v) is 3.79. The van der Waals surface area contributed by atoms with Gasteiger partial charge in [0.05, 0.1) is 19.6 Å². The Bertz CT molecular complexity index is 569. The Morgan fingerprint density at radius 2 is 1.67 bits per heavy atom. The summed E-state index contributed by atoms with van der Waals surface area (Å²) in [5.41, 5.74) is 10.3. The molecule has 4 atom stereocenters. The number of aliphatic hydroxyl groups is 1. The van der Waals surface area contributed by atoms with Gasteiger partial charge in [0.25, 0.3) is 0 Å². The molecule has 12 heteroatoms. The lowest BCUT2D eigenvalue weighted by Crippen LogP contribution is -2.55. The van der Waals surface area contributed by atoms with Crippen LogP contribution in [0.25, 0.3) is 0 Å². The van der Waals surface area contributed by atoms with E-state index in [-0.39, 0.29) is 0 Å². The highest BCUT2D eigenvalue weighted by Crippen LogP contribution is 2.08. The van der Waals surface area contributed by atoms with Crippen LogP contribution >= 0.6 is 0 Å². The number of aliphatic hydroxyl groups excluding tert-OH is 1. The van der Waals surface area contributed by atoms with Crippen molar-refractivity contribution in [1.29, 1.82) is 0 Å². The summed E-state index contributed by atoms with van der Waals surface area (Å²) in [4.78, 5) is 58.1. The highest BCUT2D eigenvalue weighted by molar-refractivity contribution is 5.95. The van der Waals surface area contributed by atoms with Crippen LogP contribution < -0.4 is 27.4 Å². The van der Waals surface area contributed by atoms with Crippen molar-refractivity contribution in [2.75, 3.05) is 13.2 Å². The molecule has 0 aliphatic heterocycles. The molecule has 4 amide bonds. The molecular weight excluding hydrogens is 362 g/mol. The smallest absolute Gasteiger partial charge is 0.326 e. The van der Waals surface area contributed by atoms with Crippen molar-refractivity contribution in [2.24, 2.45) is 17.4 Å². The number of primary amides is 1. The van der Waals surface area contributed by atoms with Gasteiger partial charge in [-0.1, -0.05) is 20.3 Å². The van der Waals surface area contributed by atoms with E-state index in [9.17, 15) is 29.1 Å². The molecule has 0 aromatic heterocycles. The zero-order valence-electron chi connectivity index (χ0n) is 15.2. The topological polar surface area (TPSA) is 214 Å². The molecule has 0 spiro atoms. The van der Waals surface area contributed by atoms with Gasteiger partial charge < -0.3 is 37.6 Å². The standard InChI is InChI=1S/C15H27N5O7/c1-3-7(2)12(15(26)27)20-14(25)9(4-10(17)22)19-11(23)5-18-13(24)8(16)6-21/h7-9,12,21H,3-6,16H2,1-2H3,(H2,17,22)(H,18,24)(H,19,23)(H,20,25)(H,26,27). The van der Waals surface area contributed by atoms with E-state index < -0.39 is 73.2 Å². The maximum atomic E-state index is 12.3. The number of rotatable bonds is 12. The van der Waals surface area contributed by atoms with Crippen molar-refractivity contribution in [2.45, 2.75) is 44.8 Å². The predicted molar refractivity (Wildman–Crippen MR) is 92.8 cm³/mol. The van der Waals surface area contributed by atoms with Crippen LogP contribution in [-0.2, 0) is 24.0 Å². The minimum absolute atomic E-state index is 0.393. The lowest BCUT2D eigenvalue weighted by molar-refractivity contribution is -0.143. The Morgan fingerprint density at radius 1 is 1.07 bits per heavy atom. The summed E-state index contributed by atoms with van der Waals surface area (Å²) >= 11 is 0. The molecule has 0 saturated heterocycles. The van der Waals surface area contributed by atoms with Crippen molar-refractivity contribution in [3.63, 3.8) is 0 Å². The van der Waals surface area contributed by atoms with E-state index in [1.807, 2.05) is 0 Å². The summed E-state index contributed by atoms with van der Waals surface area (Å²) in [6, 6.07) is -3.84. The maximum Gasteiger partial charge on any atom is 0.326 e. The number of carboxylic acid groups (broad SMARTS) is 1. The average Bonchev–Trinajstić information content (AvgIpc) is 2.61. The van der Waals surface area contributed by atoms with Gasteiger partial charge in [0.15, 0.2) is 0 Å². The van der Waals surface area contributed by atoms with Crippen LogP contribution in [0.4, 0.5) is 0 Å². The predicted octanol–water partition coefficient (Wildman–Crippen LogP) is -3.60. The minimum Gasteiger partial charge on any atom is -0.480 e. The number of amides is 4. The van der Waals surface area contributed by atoms with Gasteiger partial charge in [0.1, 0.15) is 18.1 Å². The molecule has 0 heterocycles. The first kappa shape index (κ1) is 24.3. The number of carbonyl (C=O) groups is 5. The summed E-state index contributed by atoms with van der Waals surface area (Å²) in [6.45, 7) is 2.19. The Kier molecular flexibility index (Phi) is 10.6. The summed E-state index contributed by atoms with van der Waals surface area (Å²) in [5, 5.41) is 24.6. The number of aliphatic carboxylic acids is 1. The summed E-state index contributed by atoms with van der Waals surface area (Å²) in [7, 11) is 0. The van der Waals surface area contributed by atoms with Crippen molar-refractivity contribution in [1.82, 2.24) is 16.0 Å². The van der Waals surface area contributed by atoms with Crippen molar-refractivity contribution < 1.29 is 34.2 Å². The molecule has 0 aliphatic rings. The summed E-state index contributed by atoms with van der Waals surface area (Å²) in [5.74, 6) is -5.05. The molecule has 0 rings (SSSR count). The second kappa shape index (κ2) is 11.8. The van der Waals surface area contributed by atoms with Crippen LogP contribution in [0, 0.1) is 5.92 Å². The number of carboxylic acids is 1. The SMILES string of the molecule is CCC(C)C(NC(=O)C(CC(N)=O)NC(=O)CNC(=O)C(N)CO)C(=O)O. The van der Waals surface area contributed by atoms with Crippen molar-refractivity contribution >= 4 is 29.6 Å². The van der Waals surface area contributed by atoms with E-state index in [1.165, 1.54) is 0 Å². The van der Waals surface area contributed by atoms with Gasteiger partial charge in [-0.2, -0.15) is 0 Å². The third-order valence-electron chi connectivity index (χ3n) is 3.79. The first-order valence-corrected chi connectivity index (χ1v) is 8.28. The Hall–Kier alpha value is -2.73. The number of nitrogens with one attached hydrogen (secondary N) is 3. The van der Waals surface area contributed by atoms with E-state index in [1.54, 1.807) is 13.8 Å². The Labute approximate surface area is 156 Å². The first-order valence-electron chi connectivity index (χ1n) is 8.28. The Balaban J connectivity index is 4.97. The van der Waals surface area contributed by atoms with Gasteiger partial charge in [0, 0.05) is 0 Å². The quantitative estimate of drug-likeness (QED) is 0.176. The molecule has 0 fully saturated rings. The van der Waals surface area contributed by atoms with Gasteiger partial charge in [-0.05, 0) is 5.92 Å². The largest absolute Gasteiger partial charge is 0.480 e. The fourth-order valence-electron chi connectivity index (χ4n) is 1.97. The van der Waals surface area contributed by atoms with Gasteiger partial charge in [0.2, 0.25) is 23.6 Å². The molecule has 0 aliphatic carbocycles. The number of carbonyl (C=O) groups excluding carboxylic acids is 4. The molecule has 0 radical (unpaired) electrons. The van der Waals surface area contributed by atoms with Crippen LogP contribution in [0.15, 0.2) is 0 Å². The van der Waals surface area contributed by atoms with Crippen LogP contribution in [-0.4, -0.2) is 71.1 Å². The van der Waals surface area contributed by atoms with E-state index >= 15 is 0 Å². The van der Waals surface area contributed by atoms with E-state index in [0.29, 0.717) is 6.42 Å². The molecule has 0 aromatic carbocycles. The number of hydrogen-bond acceptors (Lipinski definition) is 7. The highest BCUT2D eigenvalue weighted by Gasteiger charge is 2.30. The van der Waals surface area contributed by atoms with Crippen LogP contribution in [0.5, 0.6) is 0 Å². The summed E-state index contributed by atoms with van der Waals surface area (Å²) < 4.78 is 0.